The number of hydrogen-bond donors (Lipinski definition) is 6. The zero-order valence-electron chi connectivity index (χ0n) is 44.6. The van der Waals surface area contributed by atoms with E-state index in [1.807, 2.05) is 42.5 Å². The van der Waals surface area contributed by atoms with Crippen molar-refractivity contribution in [2.24, 2.45) is 0 Å². The van der Waals surface area contributed by atoms with Crippen molar-refractivity contribution in [3.05, 3.63) is 97.2 Å². The molecular weight excluding hydrogens is 895 g/mol. The van der Waals surface area contributed by atoms with Gasteiger partial charge in [-0.15, -0.1) is 0 Å². The fourth-order valence-corrected chi connectivity index (χ4v) is 8.05. The van der Waals surface area contributed by atoms with Gasteiger partial charge >= 0.3 is 5.97 Å². The van der Waals surface area contributed by atoms with Crippen LogP contribution in [-0.2, 0) is 23.8 Å². The molecule has 1 heterocycles. The molecule has 1 saturated heterocycles. The van der Waals surface area contributed by atoms with Gasteiger partial charge in [0, 0.05) is 6.42 Å². The number of ether oxygens (including phenoxy) is 3. The monoisotopic (exact) mass is 996 g/mol. The number of rotatable bonds is 45. The minimum absolute atomic E-state index is 0.0402. The molecule has 11 heteroatoms. The topological polar surface area (TPSA) is 175 Å². The summed E-state index contributed by atoms with van der Waals surface area (Å²) in [5.74, 6) is -1.28. The molecule has 1 rings (SSSR count). The van der Waals surface area contributed by atoms with Crippen LogP contribution in [0.25, 0.3) is 0 Å². The van der Waals surface area contributed by atoms with Crippen molar-refractivity contribution in [2.75, 3.05) is 13.2 Å². The highest BCUT2D eigenvalue weighted by Gasteiger charge is 2.47. The van der Waals surface area contributed by atoms with Gasteiger partial charge in [-0.2, -0.15) is 0 Å². The summed E-state index contributed by atoms with van der Waals surface area (Å²) in [6, 6.07) is -1.05. The van der Waals surface area contributed by atoms with E-state index in [2.05, 4.69) is 74.7 Å². The highest BCUT2D eigenvalue weighted by Crippen LogP contribution is 2.26. The quantitative estimate of drug-likeness (QED) is 0.0149. The number of aliphatic hydroxyl groups excluding tert-OH is 5. The Morgan fingerprint density at radius 1 is 0.577 bits per heavy atom. The third-order valence-electron chi connectivity index (χ3n) is 12.5. The highest BCUT2D eigenvalue weighted by atomic mass is 16.7. The van der Waals surface area contributed by atoms with Gasteiger partial charge in [0.05, 0.1) is 25.4 Å². The maximum atomic E-state index is 13.3. The van der Waals surface area contributed by atoms with Crippen LogP contribution in [0.3, 0.4) is 0 Å². The Morgan fingerprint density at radius 3 is 1.66 bits per heavy atom. The van der Waals surface area contributed by atoms with Gasteiger partial charge < -0.3 is 45.1 Å². The third kappa shape index (κ3) is 36.2. The van der Waals surface area contributed by atoms with Crippen molar-refractivity contribution in [2.45, 2.75) is 256 Å². The number of unbranched alkanes of at least 4 members (excludes halogenated alkanes) is 19. The molecule has 1 fully saturated rings. The fraction of sp³-hybridized carbons (Fsp3) is 0.700. The Hall–Kier alpha value is -3.42. The second kappa shape index (κ2) is 47.6. The molecule has 406 valence electrons. The van der Waals surface area contributed by atoms with E-state index in [0.717, 1.165) is 83.5 Å². The maximum Gasteiger partial charge on any atom is 0.306 e. The first-order valence-electron chi connectivity index (χ1n) is 28.0. The second-order valence-electron chi connectivity index (χ2n) is 19.0. The molecule has 1 aliphatic rings. The van der Waals surface area contributed by atoms with E-state index in [-0.39, 0.29) is 19.4 Å². The lowest BCUT2D eigenvalue weighted by Gasteiger charge is -2.41. The van der Waals surface area contributed by atoms with E-state index in [0.29, 0.717) is 19.3 Å². The maximum absolute atomic E-state index is 13.3. The molecule has 0 radical (unpaired) electrons. The first-order valence-corrected chi connectivity index (χ1v) is 28.0. The zero-order chi connectivity index (χ0) is 51.8. The molecule has 8 unspecified atom stereocenters. The summed E-state index contributed by atoms with van der Waals surface area (Å²) in [5.41, 5.74) is 0. The molecule has 11 nitrogen and oxygen atoms in total. The molecule has 0 aromatic carbocycles. The van der Waals surface area contributed by atoms with Gasteiger partial charge in [0.1, 0.15) is 24.4 Å². The average molecular weight is 996 g/mol. The normalized spacial score (nSPS) is 20.4. The largest absolute Gasteiger partial charge is 0.454 e. The van der Waals surface area contributed by atoms with Crippen LogP contribution in [0.15, 0.2) is 97.2 Å². The molecule has 71 heavy (non-hydrogen) atoms. The molecule has 8 atom stereocenters. The molecule has 0 saturated carbocycles. The van der Waals surface area contributed by atoms with Crippen LogP contribution in [0, 0.1) is 0 Å². The summed E-state index contributed by atoms with van der Waals surface area (Å²) in [6.07, 6.45) is 51.7. The summed E-state index contributed by atoms with van der Waals surface area (Å²) in [6.45, 7) is 5.55. The van der Waals surface area contributed by atoms with Gasteiger partial charge in [-0.05, 0) is 83.5 Å². The van der Waals surface area contributed by atoms with E-state index in [4.69, 9.17) is 14.2 Å². The predicted octanol–water partition coefficient (Wildman–Crippen LogP) is 12.4. The highest BCUT2D eigenvalue weighted by molar-refractivity contribution is 5.80. The van der Waals surface area contributed by atoms with Crippen molar-refractivity contribution in [3.8, 4) is 0 Å². The molecule has 0 spiro atoms. The van der Waals surface area contributed by atoms with E-state index >= 15 is 0 Å². The van der Waals surface area contributed by atoms with Crippen LogP contribution in [0.4, 0.5) is 0 Å². The molecule has 1 aliphatic heterocycles. The standard InChI is InChI=1S/C60H101NO10/c1-4-7-10-13-16-19-22-25-26-27-28-30-33-36-39-42-45-48-55(65)71-58-57(67)56(66)54(49-62)70-60(58)69-50-51(52(63)46-43-40-37-34-32-29-23-20-17-14-11-8-5-2)61-59(68)53(64)47-44-41-38-35-31-24-21-18-15-12-9-6-3/h9,12,15-16,18-19,21,24-26,28,30,36,39,43,46,51-54,56-58,60,62-64,66-67H,4-8,10-11,13-14,17,20,22-23,27,29,31-35,37-38,40-42,44-45,47-50H2,1-3H3,(H,61,68)/b12-9+,18-15+,19-16-,24-21-,26-25-,30-28-,39-36-,46-43+. The molecule has 6 N–H and O–H groups in total. The van der Waals surface area contributed by atoms with Crippen molar-refractivity contribution < 1.29 is 49.3 Å². The van der Waals surface area contributed by atoms with E-state index in [9.17, 15) is 35.1 Å². The Balaban J connectivity index is 2.80. The lowest BCUT2D eigenvalue weighted by Crippen LogP contribution is -2.61. The minimum atomic E-state index is -1.64. The van der Waals surface area contributed by atoms with Crippen LogP contribution in [0.2, 0.25) is 0 Å². The zero-order valence-corrected chi connectivity index (χ0v) is 44.6. The van der Waals surface area contributed by atoms with Gasteiger partial charge in [-0.1, -0.05) is 214 Å². The minimum Gasteiger partial charge on any atom is -0.454 e. The first kappa shape index (κ1) is 65.6. The number of hydrogen-bond acceptors (Lipinski definition) is 10. The average Bonchev–Trinajstić information content (AvgIpc) is 3.37. The predicted molar refractivity (Wildman–Crippen MR) is 292 cm³/mol. The summed E-state index contributed by atoms with van der Waals surface area (Å²) in [4.78, 5) is 26.4. The molecule has 0 bridgehead atoms. The van der Waals surface area contributed by atoms with Crippen molar-refractivity contribution in [1.29, 1.82) is 0 Å². The summed E-state index contributed by atoms with van der Waals surface area (Å²) in [5, 5.41) is 56.7. The van der Waals surface area contributed by atoms with Gasteiger partial charge in [0.15, 0.2) is 12.4 Å². The Morgan fingerprint density at radius 2 is 1.07 bits per heavy atom. The van der Waals surface area contributed by atoms with Crippen LogP contribution >= 0.6 is 0 Å². The molecule has 0 aliphatic carbocycles. The van der Waals surface area contributed by atoms with Gasteiger partial charge in [0.2, 0.25) is 5.91 Å². The van der Waals surface area contributed by atoms with Crippen LogP contribution in [0.1, 0.15) is 207 Å². The van der Waals surface area contributed by atoms with E-state index in [1.165, 1.54) is 70.6 Å². The van der Waals surface area contributed by atoms with Crippen LogP contribution in [-0.4, -0.2) is 99.6 Å². The molecule has 0 aromatic heterocycles. The second-order valence-corrected chi connectivity index (χ2v) is 19.0. The Labute approximate surface area is 431 Å². The smallest absolute Gasteiger partial charge is 0.306 e. The van der Waals surface area contributed by atoms with Crippen molar-refractivity contribution >= 4 is 11.9 Å². The summed E-state index contributed by atoms with van der Waals surface area (Å²) >= 11 is 0. The van der Waals surface area contributed by atoms with Gasteiger partial charge in [-0.25, -0.2) is 0 Å². The van der Waals surface area contributed by atoms with Crippen LogP contribution in [0.5, 0.6) is 0 Å². The third-order valence-corrected chi connectivity index (χ3v) is 12.5. The molecule has 1 amide bonds. The lowest BCUT2D eigenvalue weighted by atomic mass is 9.99. The van der Waals surface area contributed by atoms with Gasteiger partial charge in [-0.3, -0.25) is 9.59 Å². The Bertz CT molecular complexity index is 1520. The van der Waals surface area contributed by atoms with E-state index in [1.54, 1.807) is 6.08 Å². The Kier molecular flexibility index (Phi) is 44.0. The SMILES string of the molecule is CC/C=C/C=C/C=C\CCCCCCC(O)C(=O)NC(COC1OC(CO)C(O)C(O)C1OC(=O)CCC/C=C\C/C=C\C/C=C\C/C=C\CCCCC)C(O)/C=C/CCCCCCCCCCCCC. The first-order chi connectivity index (χ1) is 34.7. The molecular formula is C60H101NO10. The number of allylic oxidation sites excluding steroid dienone is 15. The molecule has 0 aromatic rings. The number of esters is 1. The number of carbonyl (C=O) groups is 2. The number of amides is 1. The van der Waals surface area contributed by atoms with Crippen molar-refractivity contribution in [1.82, 2.24) is 5.32 Å². The number of nitrogens with one attached hydrogen (secondary N) is 1. The van der Waals surface area contributed by atoms with Crippen molar-refractivity contribution in [3.63, 3.8) is 0 Å². The summed E-state index contributed by atoms with van der Waals surface area (Å²) < 4.78 is 17.5. The van der Waals surface area contributed by atoms with Crippen LogP contribution < -0.4 is 5.32 Å². The number of carbonyl (C=O) groups excluding carboxylic acids is 2. The number of aliphatic hydroxyl groups is 5. The van der Waals surface area contributed by atoms with Gasteiger partial charge in [0.25, 0.3) is 0 Å². The van der Waals surface area contributed by atoms with E-state index < -0.39 is 67.4 Å². The lowest BCUT2D eigenvalue weighted by molar-refractivity contribution is -0.305. The summed E-state index contributed by atoms with van der Waals surface area (Å²) in [7, 11) is 0. The fourth-order valence-electron chi connectivity index (χ4n) is 8.05.